The highest BCUT2D eigenvalue weighted by molar-refractivity contribution is 9.10. The van der Waals surface area contributed by atoms with E-state index in [-0.39, 0.29) is 22.5 Å². The Labute approximate surface area is 183 Å². The van der Waals surface area contributed by atoms with Crippen LogP contribution in [0.2, 0.25) is 0 Å². The molecule has 0 aliphatic rings. The molecular weight excluding hydrogens is 462 g/mol. The Balaban J connectivity index is 1.91. The minimum absolute atomic E-state index is 0.137. The third kappa shape index (κ3) is 2.87. The van der Waals surface area contributed by atoms with E-state index >= 15 is 0 Å². The molecule has 0 N–H and O–H groups in total. The minimum Gasteiger partial charge on any atom is -0.465 e. The molecule has 2 aromatic heterocycles. The summed E-state index contributed by atoms with van der Waals surface area (Å²) in [5, 5.41) is 0.428. The van der Waals surface area contributed by atoms with Gasteiger partial charge in [-0.05, 0) is 42.5 Å². The van der Waals surface area contributed by atoms with Crippen LogP contribution in [0, 0.1) is 0 Å². The molecule has 8 heteroatoms. The topological polar surface area (TPSA) is 82.7 Å². The van der Waals surface area contributed by atoms with Gasteiger partial charge < -0.3 is 4.74 Å². The van der Waals surface area contributed by atoms with E-state index in [0.717, 1.165) is 4.47 Å². The number of esters is 1. The van der Waals surface area contributed by atoms with Crippen molar-refractivity contribution < 1.29 is 14.3 Å². The predicted octanol–water partition coefficient (Wildman–Crippen LogP) is 4.04. The van der Waals surface area contributed by atoms with Crippen molar-refractivity contribution in [3.63, 3.8) is 0 Å². The Kier molecular flexibility index (Phi) is 4.44. The van der Waals surface area contributed by atoms with Crippen molar-refractivity contribution in [2.24, 2.45) is 0 Å². The zero-order valence-electron chi connectivity index (χ0n) is 16.2. The van der Waals surface area contributed by atoms with Gasteiger partial charge in [-0.2, -0.15) is 0 Å². The second kappa shape index (κ2) is 7.17. The minimum atomic E-state index is -0.620. The monoisotopic (exact) mass is 475 g/mol. The van der Waals surface area contributed by atoms with Gasteiger partial charge in [0.15, 0.2) is 0 Å². The number of para-hydroxylation sites is 2. The molecule has 0 saturated carbocycles. The zero-order chi connectivity index (χ0) is 21.7. The van der Waals surface area contributed by atoms with Crippen LogP contribution in [-0.4, -0.2) is 32.9 Å². The lowest BCUT2D eigenvalue weighted by molar-refractivity contribution is 0.0596. The summed E-state index contributed by atoms with van der Waals surface area (Å²) in [5.41, 5.74) is 1.52. The summed E-state index contributed by atoms with van der Waals surface area (Å²) < 4.78 is 8.37. The van der Waals surface area contributed by atoms with Gasteiger partial charge in [-0.1, -0.05) is 40.2 Å². The van der Waals surface area contributed by atoms with Crippen molar-refractivity contribution in [2.45, 2.75) is 0 Å². The SMILES string of the molecule is COC(=O)c1ccccc1C(=O)n1c2ccccc2n2c(=O)c3cc(Br)ccc3nc12. The van der Waals surface area contributed by atoms with Gasteiger partial charge in [-0.25, -0.2) is 18.7 Å². The Morgan fingerprint density at radius 1 is 0.935 bits per heavy atom. The highest BCUT2D eigenvalue weighted by atomic mass is 79.9. The summed E-state index contributed by atoms with van der Waals surface area (Å²) in [6, 6.07) is 18.7. The number of methoxy groups -OCH3 is 1. The van der Waals surface area contributed by atoms with Crippen molar-refractivity contribution in [1.82, 2.24) is 14.0 Å². The molecule has 0 saturated heterocycles. The van der Waals surface area contributed by atoms with Gasteiger partial charge in [0.2, 0.25) is 5.78 Å². The van der Waals surface area contributed by atoms with Crippen LogP contribution >= 0.6 is 15.9 Å². The maximum absolute atomic E-state index is 13.7. The molecule has 5 aromatic rings. The smallest absolute Gasteiger partial charge is 0.338 e. The molecule has 0 atom stereocenters. The second-order valence-corrected chi connectivity index (χ2v) is 7.80. The first-order chi connectivity index (χ1) is 15.0. The second-order valence-electron chi connectivity index (χ2n) is 6.88. The lowest BCUT2D eigenvalue weighted by Gasteiger charge is -2.09. The van der Waals surface area contributed by atoms with Gasteiger partial charge in [0.25, 0.3) is 11.5 Å². The maximum atomic E-state index is 13.7. The van der Waals surface area contributed by atoms with E-state index in [9.17, 15) is 14.4 Å². The Morgan fingerprint density at radius 2 is 1.61 bits per heavy atom. The highest BCUT2D eigenvalue weighted by Gasteiger charge is 2.24. The van der Waals surface area contributed by atoms with Crippen LogP contribution in [0.5, 0.6) is 0 Å². The fourth-order valence-electron chi connectivity index (χ4n) is 3.74. The molecule has 0 aliphatic heterocycles. The molecule has 0 unspecified atom stereocenters. The number of hydrogen-bond acceptors (Lipinski definition) is 5. The number of benzene rings is 3. The molecule has 7 nitrogen and oxygen atoms in total. The molecule has 0 fully saturated rings. The zero-order valence-corrected chi connectivity index (χ0v) is 17.8. The molecular formula is C23H14BrN3O4. The molecule has 2 heterocycles. The summed E-state index contributed by atoms with van der Waals surface area (Å²) in [5.74, 6) is -0.932. The summed E-state index contributed by atoms with van der Waals surface area (Å²) in [4.78, 5) is 43.9. The number of carbonyl (C=O) groups excluding carboxylic acids is 2. The van der Waals surface area contributed by atoms with E-state index in [1.807, 2.05) is 0 Å². The van der Waals surface area contributed by atoms with Crippen molar-refractivity contribution in [2.75, 3.05) is 7.11 Å². The number of carbonyl (C=O) groups is 2. The van der Waals surface area contributed by atoms with Crippen molar-refractivity contribution in [3.05, 3.63) is 92.7 Å². The highest BCUT2D eigenvalue weighted by Crippen LogP contribution is 2.24. The van der Waals surface area contributed by atoms with Gasteiger partial charge in [0.05, 0.1) is 40.2 Å². The lowest BCUT2D eigenvalue weighted by Crippen LogP contribution is -2.20. The van der Waals surface area contributed by atoms with Crippen LogP contribution in [0.3, 0.4) is 0 Å². The standard InChI is InChI=1S/C23H14BrN3O4/c1-31-22(30)15-7-3-2-6-14(15)20(28)26-18-8-4-5-9-19(18)27-21(29)16-12-13(24)10-11-17(16)25-23(26)27/h2-12H,1H3. The van der Waals surface area contributed by atoms with Crippen molar-refractivity contribution in [1.29, 1.82) is 0 Å². The van der Waals surface area contributed by atoms with E-state index in [1.165, 1.54) is 22.1 Å². The summed E-state index contributed by atoms with van der Waals surface area (Å²) in [7, 11) is 1.26. The average molecular weight is 476 g/mol. The first-order valence-corrected chi connectivity index (χ1v) is 10.1. The van der Waals surface area contributed by atoms with Gasteiger partial charge in [0.1, 0.15) is 0 Å². The Hall–Kier alpha value is -3.78. The number of imidazole rings is 1. The Bertz CT molecular complexity index is 1600. The molecule has 5 rings (SSSR count). The molecule has 31 heavy (non-hydrogen) atoms. The van der Waals surface area contributed by atoms with E-state index in [4.69, 9.17) is 4.74 Å². The quantitative estimate of drug-likeness (QED) is 0.359. The molecule has 0 radical (unpaired) electrons. The summed E-state index contributed by atoms with van der Waals surface area (Å²) in [6.07, 6.45) is 0. The van der Waals surface area contributed by atoms with Crippen molar-refractivity contribution >= 4 is 55.5 Å². The largest absolute Gasteiger partial charge is 0.465 e. The first kappa shape index (κ1) is 19.2. The van der Waals surface area contributed by atoms with Gasteiger partial charge in [-0.3, -0.25) is 9.59 Å². The van der Waals surface area contributed by atoms with E-state index < -0.39 is 11.9 Å². The van der Waals surface area contributed by atoms with Crippen LogP contribution in [-0.2, 0) is 4.74 Å². The number of fused-ring (bicyclic) bond motifs is 4. The Morgan fingerprint density at radius 3 is 2.35 bits per heavy atom. The van der Waals surface area contributed by atoms with Crippen LogP contribution in [0.4, 0.5) is 0 Å². The fourth-order valence-corrected chi connectivity index (χ4v) is 4.10. The third-order valence-electron chi connectivity index (χ3n) is 5.14. The number of aromatic nitrogens is 3. The molecule has 3 aromatic carbocycles. The molecule has 0 aliphatic carbocycles. The van der Waals surface area contributed by atoms with Crippen molar-refractivity contribution in [3.8, 4) is 0 Å². The molecule has 0 amide bonds. The maximum Gasteiger partial charge on any atom is 0.338 e. The number of hydrogen-bond donors (Lipinski definition) is 0. The summed E-state index contributed by atoms with van der Waals surface area (Å²) >= 11 is 3.39. The molecule has 0 spiro atoms. The number of halogens is 1. The number of ether oxygens (including phenoxy) is 1. The van der Waals surface area contributed by atoms with Crippen LogP contribution in [0.1, 0.15) is 20.7 Å². The van der Waals surface area contributed by atoms with Gasteiger partial charge in [-0.15, -0.1) is 0 Å². The van der Waals surface area contributed by atoms with E-state index in [0.29, 0.717) is 21.9 Å². The van der Waals surface area contributed by atoms with Gasteiger partial charge >= 0.3 is 5.97 Å². The number of rotatable bonds is 2. The van der Waals surface area contributed by atoms with Gasteiger partial charge in [0, 0.05) is 4.47 Å². The first-order valence-electron chi connectivity index (χ1n) is 9.35. The third-order valence-corrected chi connectivity index (χ3v) is 5.64. The van der Waals surface area contributed by atoms with Crippen LogP contribution < -0.4 is 5.56 Å². The lowest BCUT2D eigenvalue weighted by atomic mass is 10.1. The molecule has 0 bridgehead atoms. The average Bonchev–Trinajstić information content (AvgIpc) is 3.13. The normalized spacial score (nSPS) is 11.3. The predicted molar refractivity (Wildman–Crippen MR) is 120 cm³/mol. The summed E-state index contributed by atoms with van der Waals surface area (Å²) in [6.45, 7) is 0. The van der Waals surface area contributed by atoms with E-state index in [2.05, 4.69) is 20.9 Å². The van der Waals surface area contributed by atoms with Crippen LogP contribution in [0.15, 0.2) is 76.0 Å². The fraction of sp³-hybridized carbons (Fsp3) is 0.0435. The number of nitrogens with zero attached hydrogens (tertiary/aromatic N) is 3. The van der Waals surface area contributed by atoms with E-state index in [1.54, 1.807) is 60.7 Å². The van der Waals surface area contributed by atoms with Crippen LogP contribution in [0.25, 0.3) is 27.7 Å². The molecule has 152 valence electrons.